The van der Waals surface area contributed by atoms with Crippen LogP contribution in [0.2, 0.25) is 0 Å². The molecule has 1 aliphatic rings. The average molecular weight is 277 g/mol. The van der Waals surface area contributed by atoms with Crippen molar-refractivity contribution in [1.29, 1.82) is 0 Å². The summed E-state index contributed by atoms with van der Waals surface area (Å²) in [6.07, 6.45) is 2.88. The lowest BCUT2D eigenvalue weighted by molar-refractivity contribution is -0.121. The van der Waals surface area contributed by atoms with Crippen LogP contribution >= 0.6 is 0 Å². The molecule has 1 aliphatic heterocycles. The minimum Gasteiger partial charge on any atom is -0.355 e. The first kappa shape index (κ1) is 15.4. The third-order valence-electron chi connectivity index (χ3n) is 3.01. The van der Waals surface area contributed by atoms with Gasteiger partial charge in [-0.2, -0.15) is 17.0 Å². The van der Waals surface area contributed by atoms with Gasteiger partial charge in [0.2, 0.25) is 5.91 Å². The van der Waals surface area contributed by atoms with Crippen molar-refractivity contribution < 1.29 is 13.2 Å². The predicted octanol–water partition coefficient (Wildman–Crippen LogP) is 0.175. The van der Waals surface area contributed by atoms with Crippen LogP contribution in [0.15, 0.2) is 0 Å². The SMILES string of the molecule is CCNC(=O)CN(CC)S(=O)(=O)N1CCCCC1. The molecule has 1 heterocycles. The van der Waals surface area contributed by atoms with Crippen LogP contribution in [-0.4, -0.2) is 55.7 Å². The number of hydrogen-bond donors (Lipinski definition) is 1. The zero-order valence-electron chi connectivity index (χ0n) is 11.2. The predicted molar refractivity (Wildman–Crippen MR) is 70.3 cm³/mol. The van der Waals surface area contributed by atoms with Gasteiger partial charge in [-0.1, -0.05) is 13.3 Å². The van der Waals surface area contributed by atoms with Gasteiger partial charge in [0.25, 0.3) is 10.2 Å². The molecule has 0 aromatic carbocycles. The minimum atomic E-state index is -3.48. The summed E-state index contributed by atoms with van der Waals surface area (Å²) >= 11 is 0. The van der Waals surface area contributed by atoms with Crippen LogP contribution in [0.25, 0.3) is 0 Å². The fourth-order valence-corrected chi connectivity index (χ4v) is 3.68. The van der Waals surface area contributed by atoms with Gasteiger partial charge in [-0.25, -0.2) is 0 Å². The second-order valence-corrected chi connectivity index (χ2v) is 6.28. The van der Waals surface area contributed by atoms with Gasteiger partial charge in [-0.15, -0.1) is 0 Å². The Morgan fingerprint density at radius 1 is 1.22 bits per heavy atom. The van der Waals surface area contributed by atoms with E-state index in [-0.39, 0.29) is 12.5 Å². The second kappa shape index (κ2) is 7.06. The fourth-order valence-electron chi connectivity index (χ4n) is 2.03. The Labute approximate surface area is 110 Å². The molecular weight excluding hydrogens is 254 g/mol. The summed E-state index contributed by atoms with van der Waals surface area (Å²) in [5.41, 5.74) is 0. The summed E-state index contributed by atoms with van der Waals surface area (Å²) in [5.74, 6) is -0.250. The van der Waals surface area contributed by atoms with E-state index < -0.39 is 10.2 Å². The lowest BCUT2D eigenvalue weighted by Crippen LogP contribution is -2.49. The van der Waals surface area contributed by atoms with E-state index in [1.165, 1.54) is 8.61 Å². The van der Waals surface area contributed by atoms with Crippen LogP contribution in [-0.2, 0) is 15.0 Å². The first-order chi connectivity index (χ1) is 8.52. The number of rotatable bonds is 6. The van der Waals surface area contributed by atoms with Crippen molar-refractivity contribution in [3.63, 3.8) is 0 Å². The van der Waals surface area contributed by atoms with Crippen LogP contribution in [0.3, 0.4) is 0 Å². The maximum Gasteiger partial charge on any atom is 0.282 e. The van der Waals surface area contributed by atoms with Crippen LogP contribution in [0.4, 0.5) is 0 Å². The molecule has 0 aromatic rings. The minimum absolute atomic E-state index is 0.0941. The highest BCUT2D eigenvalue weighted by molar-refractivity contribution is 7.86. The molecular formula is C11H23N3O3S. The Hall–Kier alpha value is -0.660. The van der Waals surface area contributed by atoms with E-state index in [4.69, 9.17) is 0 Å². The third-order valence-corrected chi connectivity index (χ3v) is 5.07. The summed E-state index contributed by atoms with van der Waals surface area (Å²) in [5, 5.41) is 2.62. The highest BCUT2D eigenvalue weighted by Gasteiger charge is 2.30. The van der Waals surface area contributed by atoms with Crippen molar-refractivity contribution in [2.24, 2.45) is 0 Å². The Bertz CT molecular complexity index is 364. The first-order valence-electron chi connectivity index (χ1n) is 6.54. The Morgan fingerprint density at radius 2 is 1.83 bits per heavy atom. The molecule has 0 spiro atoms. The van der Waals surface area contributed by atoms with Gasteiger partial charge in [0.1, 0.15) is 0 Å². The van der Waals surface area contributed by atoms with Crippen LogP contribution in [0.5, 0.6) is 0 Å². The molecule has 0 saturated carbocycles. The van der Waals surface area contributed by atoms with Crippen LogP contribution in [0.1, 0.15) is 33.1 Å². The monoisotopic (exact) mass is 277 g/mol. The molecule has 7 heteroatoms. The Kier molecular flexibility index (Phi) is 6.04. The normalized spacial score (nSPS) is 17.9. The van der Waals surface area contributed by atoms with Crippen molar-refractivity contribution in [3.8, 4) is 0 Å². The molecule has 0 aliphatic carbocycles. The van der Waals surface area contributed by atoms with E-state index >= 15 is 0 Å². The quantitative estimate of drug-likeness (QED) is 0.752. The van der Waals surface area contributed by atoms with Gasteiger partial charge in [-0.05, 0) is 19.8 Å². The topological polar surface area (TPSA) is 69.7 Å². The number of hydrogen-bond acceptors (Lipinski definition) is 3. The molecule has 6 nitrogen and oxygen atoms in total. The highest BCUT2D eigenvalue weighted by atomic mass is 32.2. The van der Waals surface area contributed by atoms with E-state index in [2.05, 4.69) is 5.32 Å². The molecule has 0 atom stereocenters. The standard InChI is InChI=1S/C11H23N3O3S/c1-3-12-11(15)10-13(4-2)18(16,17)14-8-6-5-7-9-14/h3-10H2,1-2H3,(H,12,15). The number of nitrogens with one attached hydrogen (secondary N) is 1. The van der Waals surface area contributed by atoms with Crippen molar-refractivity contribution >= 4 is 16.1 Å². The summed E-state index contributed by atoms with van der Waals surface area (Å²) in [7, 11) is -3.48. The largest absolute Gasteiger partial charge is 0.355 e. The first-order valence-corrected chi connectivity index (χ1v) is 7.94. The van der Waals surface area contributed by atoms with E-state index in [0.29, 0.717) is 26.2 Å². The molecule has 106 valence electrons. The molecule has 1 rings (SSSR count). The summed E-state index contributed by atoms with van der Waals surface area (Å²) in [6, 6.07) is 0. The molecule has 0 bridgehead atoms. The van der Waals surface area contributed by atoms with Gasteiger partial charge in [0, 0.05) is 26.2 Å². The van der Waals surface area contributed by atoms with Crippen molar-refractivity contribution in [1.82, 2.24) is 13.9 Å². The van der Waals surface area contributed by atoms with Gasteiger partial charge in [0.15, 0.2) is 0 Å². The Balaban J connectivity index is 2.69. The van der Waals surface area contributed by atoms with Gasteiger partial charge >= 0.3 is 0 Å². The van der Waals surface area contributed by atoms with E-state index in [1.807, 2.05) is 6.92 Å². The maximum atomic E-state index is 12.3. The van der Waals surface area contributed by atoms with Crippen molar-refractivity contribution in [3.05, 3.63) is 0 Å². The van der Waals surface area contributed by atoms with Crippen LogP contribution < -0.4 is 5.32 Å². The van der Waals surface area contributed by atoms with E-state index in [1.54, 1.807) is 6.92 Å². The lowest BCUT2D eigenvalue weighted by atomic mass is 10.2. The zero-order valence-corrected chi connectivity index (χ0v) is 12.0. The van der Waals surface area contributed by atoms with Crippen molar-refractivity contribution in [2.45, 2.75) is 33.1 Å². The fraction of sp³-hybridized carbons (Fsp3) is 0.909. The molecule has 0 aromatic heterocycles. The number of likely N-dealkylation sites (N-methyl/N-ethyl adjacent to an activating group) is 2. The molecule has 18 heavy (non-hydrogen) atoms. The molecule has 0 unspecified atom stereocenters. The highest BCUT2D eigenvalue weighted by Crippen LogP contribution is 2.16. The van der Waals surface area contributed by atoms with E-state index in [0.717, 1.165) is 19.3 Å². The molecule has 1 saturated heterocycles. The van der Waals surface area contributed by atoms with Gasteiger partial charge in [-0.3, -0.25) is 4.79 Å². The molecule has 1 amide bonds. The van der Waals surface area contributed by atoms with Gasteiger partial charge < -0.3 is 5.32 Å². The van der Waals surface area contributed by atoms with Crippen molar-refractivity contribution in [2.75, 3.05) is 32.7 Å². The summed E-state index contributed by atoms with van der Waals surface area (Å²) in [4.78, 5) is 11.5. The second-order valence-electron chi connectivity index (χ2n) is 4.35. The Morgan fingerprint density at radius 3 is 2.33 bits per heavy atom. The lowest BCUT2D eigenvalue weighted by Gasteiger charge is -2.31. The number of amides is 1. The molecule has 1 N–H and O–H groups in total. The maximum absolute atomic E-state index is 12.3. The summed E-state index contributed by atoms with van der Waals surface area (Å²) < 4.78 is 27.4. The molecule has 0 radical (unpaired) electrons. The van der Waals surface area contributed by atoms with Crippen LogP contribution in [0, 0.1) is 0 Å². The van der Waals surface area contributed by atoms with Gasteiger partial charge in [0.05, 0.1) is 6.54 Å². The number of carbonyl (C=O) groups is 1. The number of nitrogens with zero attached hydrogens (tertiary/aromatic N) is 2. The van der Waals surface area contributed by atoms with E-state index in [9.17, 15) is 13.2 Å². The summed E-state index contributed by atoms with van der Waals surface area (Å²) in [6.45, 7) is 5.43. The number of piperidine rings is 1. The smallest absolute Gasteiger partial charge is 0.282 e. The zero-order chi connectivity index (χ0) is 13.6. The number of carbonyl (C=O) groups excluding carboxylic acids is 1. The average Bonchev–Trinajstić information content (AvgIpc) is 2.37. The third kappa shape index (κ3) is 3.93. The molecule has 1 fully saturated rings.